The van der Waals surface area contributed by atoms with Gasteiger partial charge in [0.15, 0.2) is 0 Å². The van der Waals surface area contributed by atoms with Crippen molar-refractivity contribution in [2.45, 2.75) is 6.10 Å². The van der Waals surface area contributed by atoms with Crippen LogP contribution in [-0.4, -0.2) is 65.9 Å². The van der Waals surface area contributed by atoms with E-state index in [1.165, 1.54) is 0 Å². The number of benzene rings is 1. The first-order valence-electron chi connectivity index (χ1n) is 6.69. The zero-order valence-electron chi connectivity index (χ0n) is 11.0. The highest BCUT2D eigenvalue weighted by molar-refractivity contribution is 6.31. The summed E-state index contributed by atoms with van der Waals surface area (Å²) in [4.78, 5) is 4.47. The summed E-state index contributed by atoms with van der Waals surface area (Å²) in [5, 5.41) is 19.8. The maximum absolute atomic E-state index is 10.2. The summed E-state index contributed by atoms with van der Waals surface area (Å²) < 4.78 is 0. The van der Waals surface area contributed by atoms with Crippen LogP contribution in [0.25, 0.3) is 0 Å². The molecule has 0 spiro atoms. The third-order valence-electron chi connectivity index (χ3n) is 3.58. The molecule has 0 amide bonds. The van der Waals surface area contributed by atoms with Crippen molar-refractivity contribution in [2.24, 2.45) is 0 Å². The van der Waals surface area contributed by atoms with Crippen molar-refractivity contribution in [3.63, 3.8) is 0 Å². The van der Waals surface area contributed by atoms with Crippen LogP contribution in [0.2, 0.25) is 5.02 Å². The van der Waals surface area contributed by atoms with Crippen molar-refractivity contribution in [3.05, 3.63) is 34.9 Å². The van der Waals surface area contributed by atoms with Gasteiger partial charge in [0.2, 0.25) is 0 Å². The van der Waals surface area contributed by atoms with Crippen LogP contribution >= 0.6 is 11.6 Å². The summed E-state index contributed by atoms with van der Waals surface area (Å²) in [5.74, 6) is 0. The predicted molar refractivity (Wildman–Crippen MR) is 76.4 cm³/mol. The largest absolute Gasteiger partial charge is 0.395 e. The highest BCUT2D eigenvalue weighted by Crippen LogP contribution is 2.23. The zero-order chi connectivity index (χ0) is 13.7. The van der Waals surface area contributed by atoms with E-state index in [2.05, 4.69) is 9.80 Å². The molecule has 19 heavy (non-hydrogen) atoms. The molecule has 2 rings (SSSR count). The predicted octanol–water partition coefficient (Wildman–Crippen LogP) is 0.983. The summed E-state index contributed by atoms with van der Waals surface area (Å²) in [5.41, 5.74) is 0.793. The van der Waals surface area contributed by atoms with E-state index < -0.39 is 6.10 Å². The van der Waals surface area contributed by atoms with Gasteiger partial charge < -0.3 is 10.2 Å². The molecule has 5 heteroatoms. The molecule has 1 aliphatic heterocycles. The fourth-order valence-electron chi connectivity index (χ4n) is 2.43. The van der Waals surface area contributed by atoms with Crippen LogP contribution in [0.15, 0.2) is 24.3 Å². The molecular weight excluding hydrogens is 264 g/mol. The monoisotopic (exact) mass is 284 g/mol. The standard InChI is InChI=1S/C14H21ClN2O2/c15-13-4-2-1-3-12(13)14(19)11-17-7-5-16(6-8-17)9-10-18/h1-4,14,18-19H,5-11H2. The normalized spacial score (nSPS) is 19.5. The molecule has 1 heterocycles. The molecule has 0 aliphatic carbocycles. The Labute approximate surface area is 119 Å². The number of β-amino-alcohol motifs (C(OH)–C–C–N with tert-alkyl or cyclic N) is 2. The lowest BCUT2D eigenvalue weighted by atomic mass is 10.1. The average molecular weight is 285 g/mol. The van der Waals surface area contributed by atoms with Gasteiger partial charge >= 0.3 is 0 Å². The van der Waals surface area contributed by atoms with Gasteiger partial charge in [0.1, 0.15) is 0 Å². The number of aliphatic hydroxyl groups is 2. The SMILES string of the molecule is OCCN1CCN(CC(O)c2ccccc2Cl)CC1. The Morgan fingerprint density at radius 1 is 1.11 bits per heavy atom. The summed E-state index contributed by atoms with van der Waals surface area (Å²) in [6.45, 7) is 5.27. The second-order valence-corrected chi connectivity index (χ2v) is 5.31. The molecule has 1 unspecified atom stereocenters. The van der Waals surface area contributed by atoms with E-state index in [4.69, 9.17) is 16.7 Å². The van der Waals surface area contributed by atoms with Gasteiger partial charge in [0, 0.05) is 49.9 Å². The Kier molecular flexibility index (Phi) is 5.60. The second kappa shape index (κ2) is 7.22. The molecule has 1 aliphatic rings. The maximum atomic E-state index is 10.2. The minimum atomic E-state index is -0.543. The van der Waals surface area contributed by atoms with Crippen LogP contribution in [0.1, 0.15) is 11.7 Å². The third-order valence-corrected chi connectivity index (χ3v) is 3.92. The Hall–Kier alpha value is -0.650. The molecule has 106 valence electrons. The first-order valence-corrected chi connectivity index (χ1v) is 7.06. The molecule has 1 atom stereocenters. The summed E-state index contributed by atoms with van der Waals surface area (Å²) in [6, 6.07) is 7.43. The van der Waals surface area contributed by atoms with Crippen molar-refractivity contribution < 1.29 is 10.2 Å². The van der Waals surface area contributed by atoms with Crippen LogP contribution < -0.4 is 0 Å². The molecule has 1 aromatic rings. The fraction of sp³-hybridized carbons (Fsp3) is 0.571. The smallest absolute Gasteiger partial charge is 0.0931 e. The van der Waals surface area contributed by atoms with Crippen molar-refractivity contribution in [1.29, 1.82) is 0 Å². The van der Waals surface area contributed by atoms with Gasteiger partial charge in [-0.3, -0.25) is 9.80 Å². The van der Waals surface area contributed by atoms with Gasteiger partial charge in [-0.15, -0.1) is 0 Å². The first-order chi connectivity index (χ1) is 9.20. The van der Waals surface area contributed by atoms with Crippen LogP contribution in [-0.2, 0) is 0 Å². The molecule has 0 bridgehead atoms. The zero-order valence-corrected chi connectivity index (χ0v) is 11.8. The topological polar surface area (TPSA) is 46.9 Å². The van der Waals surface area contributed by atoms with Gasteiger partial charge in [0.05, 0.1) is 12.7 Å². The molecule has 0 saturated carbocycles. The molecular formula is C14H21ClN2O2. The molecule has 4 nitrogen and oxygen atoms in total. The molecule has 0 aromatic heterocycles. The average Bonchev–Trinajstić information content (AvgIpc) is 2.42. The van der Waals surface area contributed by atoms with Gasteiger partial charge in [-0.2, -0.15) is 0 Å². The Morgan fingerprint density at radius 2 is 1.74 bits per heavy atom. The van der Waals surface area contributed by atoms with E-state index in [1.54, 1.807) is 6.07 Å². The van der Waals surface area contributed by atoms with E-state index in [-0.39, 0.29) is 6.61 Å². The first kappa shape index (κ1) is 14.8. The highest BCUT2D eigenvalue weighted by Gasteiger charge is 2.20. The van der Waals surface area contributed by atoms with E-state index >= 15 is 0 Å². The van der Waals surface area contributed by atoms with E-state index in [0.717, 1.165) is 38.3 Å². The highest BCUT2D eigenvalue weighted by atomic mass is 35.5. The Balaban J connectivity index is 1.84. The lowest BCUT2D eigenvalue weighted by Crippen LogP contribution is -2.48. The minimum absolute atomic E-state index is 0.211. The fourth-order valence-corrected chi connectivity index (χ4v) is 2.69. The number of nitrogens with zero attached hydrogens (tertiary/aromatic N) is 2. The molecule has 1 saturated heterocycles. The van der Waals surface area contributed by atoms with Gasteiger partial charge in [-0.25, -0.2) is 0 Å². The Morgan fingerprint density at radius 3 is 2.37 bits per heavy atom. The molecule has 2 N–H and O–H groups in total. The number of aliphatic hydroxyl groups excluding tert-OH is 2. The number of rotatable bonds is 5. The van der Waals surface area contributed by atoms with Gasteiger partial charge in [-0.05, 0) is 6.07 Å². The third kappa shape index (κ3) is 4.16. The molecule has 1 aromatic carbocycles. The maximum Gasteiger partial charge on any atom is 0.0931 e. The van der Waals surface area contributed by atoms with Crippen LogP contribution in [0.5, 0.6) is 0 Å². The number of halogens is 1. The van der Waals surface area contributed by atoms with Crippen LogP contribution in [0.3, 0.4) is 0 Å². The van der Waals surface area contributed by atoms with Gasteiger partial charge in [-0.1, -0.05) is 29.8 Å². The van der Waals surface area contributed by atoms with E-state index in [0.29, 0.717) is 11.6 Å². The lowest BCUT2D eigenvalue weighted by Gasteiger charge is -2.35. The minimum Gasteiger partial charge on any atom is -0.395 e. The van der Waals surface area contributed by atoms with E-state index in [9.17, 15) is 5.11 Å². The van der Waals surface area contributed by atoms with Crippen molar-refractivity contribution in [2.75, 3.05) is 45.9 Å². The number of hydrogen-bond donors (Lipinski definition) is 2. The van der Waals surface area contributed by atoms with Crippen molar-refractivity contribution in [3.8, 4) is 0 Å². The lowest BCUT2D eigenvalue weighted by molar-refractivity contribution is 0.0661. The summed E-state index contributed by atoms with van der Waals surface area (Å²) in [6.07, 6.45) is -0.543. The number of hydrogen-bond acceptors (Lipinski definition) is 4. The molecule has 0 radical (unpaired) electrons. The second-order valence-electron chi connectivity index (χ2n) is 4.90. The van der Waals surface area contributed by atoms with E-state index in [1.807, 2.05) is 18.2 Å². The number of piperazine rings is 1. The van der Waals surface area contributed by atoms with Crippen LogP contribution in [0.4, 0.5) is 0 Å². The van der Waals surface area contributed by atoms with Crippen molar-refractivity contribution >= 4 is 11.6 Å². The van der Waals surface area contributed by atoms with Crippen molar-refractivity contribution in [1.82, 2.24) is 9.80 Å². The summed E-state index contributed by atoms with van der Waals surface area (Å²) >= 11 is 6.09. The van der Waals surface area contributed by atoms with Crippen LogP contribution in [0, 0.1) is 0 Å². The Bertz CT molecular complexity index is 395. The molecule has 1 fully saturated rings. The summed E-state index contributed by atoms with van der Waals surface area (Å²) in [7, 11) is 0. The quantitative estimate of drug-likeness (QED) is 0.846. The van der Waals surface area contributed by atoms with Gasteiger partial charge in [0.25, 0.3) is 0 Å².